The van der Waals surface area contributed by atoms with Gasteiger partial charge in [0, 0.05) is 24.7 Å². The molecule has 0 fully saturated rings. The molecule has 0 aliphatic heterocycles. The molecule has 1 N–H and O–H groups in total. The number of thioether (sulfide) groups is 1. The number of hydrogen-bond acceptors (Lipinski definition) is 5. The molecule has 0 saturated carbocycles. The molecule has 2 amide bonds. The third-order valence-corrected chi connectivity index (χ3v) is 5.32. The molecule has 3 rings (SSSR count). The Kier molecular flexibility index (Phi) is 6.84. The minimum absolute atomic E-state index is 0.0575. The molecular formula is C23H24N2O4S. The number of nitrogens with zero attached hydrogens (tertiary/aromatic N) is 1. The summed E-state index contributed by atoms with van der Waals surface area (Å²) in [7, 11) is 3.41. The summed E-state index contributed by atoms with van der Waals surface area (Å²) in [4.78, 5) is 26.5. The first-order valence-electron chi connectivity index (χ1n) is 9.41. The van der Waals surface area contributed by atoms with Crippen LogP contribution in [-0.2, 0) is 6.61 Å². The summed E-state index contributed by atoms with van der Waals surface area (Å²) in [5.41, 5.74) is 2.84. The van der Waals surface area contributed by atoms with E-state index in [9.17, 15) is 9.59 Å². The van der Waals surface area contributed by atoms with Gasteiger partial charge in [-0.3, -0.25) is 9.59 Å². The lowest BCUT2D eigenvalue weighted by Crippen LogP contribution is -2.16. The molecule has 0 bridgehead atoms. The van der Waals surface area contributed by atoms with Crippen LogP contribution >= 0.6 is 11.8 Å². The summed E-state index contributed by atoms with van der Waals surface area (Å²) in [6.07, 6.45) is 0. The Hall–Kier alpha value is -3.19. The van der Waals surface area contributed by atoms with Gasteiger partial charge in [-0.1, -0.05) is 17.7 Å². The van der Waals surface area contributed by atoms with Gasteiger partial charge in [0.1, 0.15) is 18.1 Å². The van der Waals surface area contributed by atoms with Gasteiger partial charge in [0.05, 0.1) is 0 Å². The number of amides is 2. The van der Waals surface area contributed by atoms with E-state index < -0.39 is 0 Å². The first kappa shape index (κ1) is 21.5. The number of furan rings is 1. The molecule has 6 nitrogen and oxygen atoms in total. The van der Waals surface area contributed by atoms with Crippen LogP contribution in [0.3, 0.4) is 0 Å². The monoisotopic (exact) mass is 424 g/mol. The minimum atomic E-state index is -0.350. The van der Waals surface area contributed by atoms with E-state index in [4.69, 9.17) is 9.15 Å². The second-order valence-corrected chi connectivity index (χ2v) is 8.09. The highest BCUT2D eigenvalue weighted by Gasteiger charge is 2.13. The van der Waals surface area contributed by atoms with E-state index in [1.165, 1.54) is 10.5 Å². The van der Waals surface area contributed by atoms with Gasteiger partial charge in [0.2, 0.25) is 0 Å². The quantitative estimate of drug-likeness (QED) is 0.529. The van der Waals surface area contributed by atoms with Crippen molar-refractivity contribution >= 4 is 28.6 Å². The third kappa shape index (κ3) is 5.67. The summed E-state index contributed by atoms with van der Waals surface area (Å²) < 4.78 is 11.4. The largest absolute Gasteiger partial charge is 0.485 e. The lowest BCUT2D eigenvalue weighted by atomic mass is 10.1. The molecule has 0 unspecified atom stereocenters. The van der Waals surface area contributed by atoms with Crippen LogP contribution in [0.1, 0.15) is 27.4 Å². The first-order chi connectivity index (χ1) is 14.3. The normalized spacial score (nSPS) is 10.5. The zero-order valence-electron chi connectivity index (χ0n) is 17.4. The smallest absolute Gasteiger partial charge is 0.291 e. The number of anilines is 1. The minimum Gasteiger partial charge on any atom is -0.485 e. The van der Waals surface area contributed by atoms with E-state index in [0.29, 0.717) is 11.4 Å². The van der Waals surface area contributed by atoms with Crippen LogP contribution < -0.4 is 10.1 Å². The number of hydrogen-bond donors (Lipinski definition) is 1. The molecule has 1 heterocycles. The molecule has 3 aromatic rings. The van der Waals surface area contributed by atoms with Crippen molar-refractivity contribution in [2.75, 3.05) is 19.4 Å². The van der Waals surface area contributed by atoms with Gasteiger partial charge in [-0.25, -0.2) is 0 Å². The lowest BCUT2D eigenvalue weighted by Gasteiger charge is -2.09. The molecule has 7 heteroatoms. The fraction of sp³-hybridized carbons (Fsp3) is 0.217. The summed E-state index contributed by atoms with van der Waals surface area (Å²) >= 11 is 1.13. The average Bonchev–Trinajstić information content (AvgIpc) is 3.18. The summed E-state index contributed by atoms with van der Waals surface area (Å²) in [5, 5.41) is 2.73. The van der Waals surface area contributed by atoms with Gasteiger partial charge in [-0.15, -0.1) is 0 Å². The van der Waals surface area contributed by atoms with Crippen LogP contribution in [-0.4, -0.2) is 30.1 Å². The summed E-state index contributed by atoms with van der Waals surface area (Å²) in [6, 6.07) is 16.4. The van der Waals surface area contributed by atoms with Crippen LogP contribution in [0, 0.1) is 13.8 Å². The number of nitrogens with one attached hydrogen (secondary N) is 1. The van der Waals surface area contributed by atoms with Crippen LogP contribution in [0.4, 0.5) is 10.5 Å². The molecule has 0 saturated heterocycles. The van der Waals surface area contributed by atoms with E-state index >= 15 is 0 Å². The molecule has 2 aromatic carbocycles. The summed E-state index contributed by atoms with van der Waals surface area (Å²) in [6.45, 7) is 4.26. The molecule has 0 radical (unpaired) electrons. The average molecular weight is 425 g/mol. The maximum atomic E-state index is 12.4. The van der Waals surface area contributed by atoms with Crippen LogP contribution in [0.5, 0.6) is 5.75 Å². The molecule has 0 spiro atoms. The molecule has 0 aliphatic carbocycles. The van der Waals surface area contributed by atoms with Crippen molar-refractivity contribution < 1.29 is 18.7 Å². The second kappa shape index (κ2) is 9.54. The van der Waals surface area contributed by atoms with Gasteiger partial charge in [-0.2, -0.15) is 0 Å². The molecule has 0 atom stereocenters. The molecule has 30 heavy (non-hydrogen) atoms. The molecule has 0 aliphatic rings. The number of rotatable bonds is 6. The fourth-order valence-electron chi connectivity index (χ4n) is 2.68. The van der Waals surface area contributed by atoms with E-state index in [2.05, 4.69) is 11.4 Å². The Labute approximate surface area is 180 Å². The Balaban J connectivity index is 1.56. The molecule has 156 valence electrons. The highest BCUT2D eigenvalue weighted by atomic mass is 32.2. The van der Waals surface area contributed by atoms with E-state index in [-0.39, 0.29) is 23.5 Å². The lowest BCUT2D eigenvalue weighted by molar-refractivity contribution is 0.0992. The van der Waals surface area contributed by atoms with Gasteiger partial charge < -0.3 is 19.4 Å². The number of carbonyl (C=O) groups excluding carboxylic acids is 2. The van der Waals surface area contributed by atoms with Gasteiger partial charge in [-0.05, 0) is 73.6 Å². The van der Waals surface area contributed by atoms with Crippen molar-refractivity contribution in [3.63, 3.8) is 0 Å². The Morgan fingerprint density at radius 2 is 1.77 bits per heavy atom. The highest BCUT2D eigenvalue weighted by molar-refractivity contribution is 8.13. The Morgan fingerprint density at radius 3 is 2.43 bits per heavy atom. The Bertz CT molecular complexity index is 1040. The standard InChI is InChI=1S/C23H24N2O4S/c1-15-5-11-20(16(2)13-15)28-14-18-8-12-21(29-18)22(26)24-17-6-9-19(10-7-17)30-23(27)25(3)4/h5-13H,14H2,1-4H3,(H,24,26). The van der Waals surface area contributed by atoms with Crippen molar-refractivity contribution in [3.05, 3.63) is 77.2 Å². The van der Waals surface area contributed by atoms with Gasteiger partial charge in [0.25, 0.3) is 11.1 Å². The predicted molar refractivity (Wildman–Crippen MR) is 118 cm³/mol. The summed E-state index contributed by atoms with van der Waals surface area (Å²) in [5.74, 6) is 1.20. The molecule has 1 aromatic heterocycles. The predicted octanol–water partition coefficient (Wildman–Crippen LogP) is 5.50. The van der Waals surface area contributed by atoms with Crippen LogP contribution in [0.2, 0.25) is 0 Å². The van der Waals surface area contributed by atoms with Gasteiger partial charge >= 0.3 is 0 Å². The van der Waals surface area contributed by atoms with E-state index in [0.717, 1.165) is 28.0 Å². The topological polar surface area (TPSA) is 71.8 Å². The number of benzene rings is 2. The van der Waals surface area contributed by atoms with Crippen molar-refractivity contribution in [2.24, 2.45) is 0 Å². The Morgan fingerprint density at radius 1 is 1.03 bits per heavy atom. The fourth-order valence-corrected chi connectivity index (χ4v) is 3.34. The number of carbonyl (C=O) groups is 2. The highest BCUT2D eigenvalue weighted by Crippen LogP contribution is 2.23. The van der Waals surface area contributed by atoms with Crippen LogP contribution in [0.15, 0.2) is 63.9 Å². The zero-order valence-corrected chi connectivity index (χ0v) is 18.2. The maximum absolute atomic E-state index is 12.4. The van der Waals surface area contributed by atoms with Gasteiger partial charge in [0.15, 0.2) is 5.76 Å². The first-order valence-corrected chi connectivity index (χ1v) is 10.2. The van der Waals surface area contributed by atoms with Crippen molar-refractivity contribution in [3.8, 4) is 5.75 Å². The molecular weight excluding hydrogens is 400 g/mol. The number of aryl methyl sites for hydroxylation is 2. The SMILES string of the molecule is Cc1ccc(OCc2ccc(C(=O)Nc3ccc(SC(=O)N(C)C)cc3)o2)c(C)c1. The zero-order chi connectivity index (χ0) is 21.7. The van der Waals surface area contributed by atoms with Crippen molar-refractivity contribution in [1.82, 2.24) is 4.90 Å². The number of ether oxygens (including phenoxy) is 1. The van der Waals surface area contributed by atoms with Crippen molar-refractivity contribution in [2.45, 2.75) is 25.3 Å². The van der Waals surface area contributed by atoms with E-state index in [1.807, 2.05) is 26.0 Å². The van der Waals surface area contributed by atoms with Crippen LogP contribution in [0.25, 0.3) is 0 Å². The van der Waals surface area contributed by atoms with E-state index in [1.54, 1.807) is 50.5 Å². The second-order valence-electron chi connectivity index (χ2n) is 7.06. The third-order valence-electron chi connectivity index (χ3n) is 4.27. The van der Waals surface area contributed by atoms with Crippen molar-refractivity contribution in [1.29, 1.82) is 0 Å². The maximum Gasteiger partial charge on any atom is 0.291 e.